The van der Waals surface area contributed by atoms with E-state index in [-0.39, 0.29) is 18.0 Å². The quantitative estimate of drug-likeness (QED) is 0.500. The van der Waals surface area contributed by atoms with Crippen molar-refractivity contribution in [2.24, 2.45) is 0 Å². The molecule has 146 valence electrons. The van der Waals surface area contributed by atoms with E-state index in [4.69, 9.17) is 0 Å². The van der Waals surface area contributed by atoms with Gasteiger partial charge in [-0.2, -0.15) is 5.10 Å². The van der Waals surface area contributed by atoms with Gasteiger partial charge in [-0.05, 0) is 46.9 Å². The fourth-order valence-electron chi connectivity index (χ4n) is 3.88. The van der Waals surface area contributed by atoms with Crippen LogP contribution >= 0.6 is 0 Å². The molecule has 0 aliphatic heterocycles. The molecule has 0 fully saturated rings. The van der Waals surface area contributed by atoms with Crippen LogP contribution in [0.2, 0.25) is 0 Å². The Bertz CT molecular complexity index is 1310. The molecule has 0 bridgehead atoms. The van der Waals surface area contributed by atoms with Crippen molar-refractivity contribution >= 4 is 11.6 Å². The Morgan fingerprint density at radius 3 is 2.50 bits per heavy atom. The van der Waals surface area contributed by atoms with Crippen molar-refractivity contribution in [3.05, 3.63) is 106 Å². The van der Waals surface area contributed by atoms with Crippen molar-refractivity contribution in [1.29, 1.82) is 0 Å². The van der Waals surface area contributed by atoms with Gasteiger partial charge in [0.15, 0.2) is 0 Å². The summed E-state index contributed by atoms with van der Waals surface area (Å²) in [4.78, 5) is 24.8. The highest BCUT2D eigenvalue weighted by atomic mass is 16.2. The number of nitrogens with one attached hydrogen (secondary N) is 1. The Hall–Kier alpha value is -3.99. The Morgan fingerprint density at radius 2 is 1.63 bits per heavy atom. The molecule has 4 aromatic rings. The van der Waals surface area contributed by atoms with Gasteiger partial charge in [0, 0.05) is 17.3 Å². The number of hydrogen-bond acceptors (Lipinski definition) is 3. The predicted molar refractivity (Wildman–Crippen MR) is 117 cm³/mol. The Labute approximate surface area is 173 Å². The van der Waals surface area contributed by atoms with Crippen LogP contribution in [0.5, 0.6) is 0 Å². The van der Waals surface area contributed by atoms with E-state index < -0.39 is 0 Å². The number of nitrogens with zero attached hydrogens (tertiary/aromatic N) is 2. The minimum absolute atomic E-state index is 0.142. The highest BCUT2D eigenvalue weighted by molar-refractivity contribution is 5.91. The zero-order chi connectivity index (χ0) is 20.5. The Balaban J connectivity index is 1.34. The smallest absolute Gasteiger partial charge is 0.267 e. The first kappa shape index (κ1) is 18.1. The van der Waals surface area contributed by atoms with Crippen molar-refractivity contribution in [1.82, 2.24) is 9.78 Å². The molecule has 1 aliphatic rings. The van der Waals surface area contributed by atoms with Crippen LogP contribution in [0.3, 0.4) is 0 Å². The third-order valence-corrected chi connectivity index (χ3v) is 5.31. The molecule has 1 aromatic heterocycles. The molecule has 0 saturated carbocycles. The predicted octanol–water partition coefficient (Wildman–Crippen LogP) is 4.12. The lowest BCUT2D eigenvalue weighted by atomic mass is 10.1. The lowest BCUT2D eigenvalue weighted by Gasteiger charge is -2.10. The minimum Gasteiger partial charge on any atom is -0.324 e. The number of aromatic nitrogens is 2. The molecule has 5 heteroatoms. The van der Waals surface area contributed by atoms with E-state index in [9.17, 15) is 9.59 Å². The number of anilines is 1. The van der Waals surface area contributed by atoms with Gasteiger partial charge in [0.05, 0.1) is 5.69 Å². The normalized spacial score (nSPS) is 11.6. The summed E-state index contributed by atoms with van der Waals surface area (Å²) < 4.78 is 1.20. The number of amides is 1. The molecule has 0 radical (unpaired) electrons. The first-order chi connectivity index (χ1) is 14.7. The van der Waals surface area contributed by atoms with Crippen LogP contribution in [0.4, 0.5) is 5.69 Å². The zero-order valence-corrected chi connectivity index (χ0v) is 16.2. The maximum absolute atomic E-state index is 12.6. The monoisotopic (exact) mass is 393 g/mol. The largest absolute Gasteiger partial charge is 0.324 e. The van der Waals surface area contributed by atoms with E-state index in [2.05, 4.69) is 22.5 Å². The van der Waals surface area contributed by atoms with Gasteiger partial charge in [-0.3, -0.25) is 9.59 Å². The summed E-state index contributed by atoms with van der Waals surface area (Å²) in [5.41, 5.74) is 6.90. The zero-order valence-electron chi connectivity index (χ0n) is 16.2. The topological polar surface area (TPSA) is 64.0 Å². The summed E-state index contributed by atoms with van der Waals surface area (Å²) in [5, 5.41) is 7.25. The Morgan fingerprint density at radius 1 is 0.867 bits per heavy atom. The summed E-state index contributed by atoms with van der Waals surface area (Å²) in [5.74, 6) is -0.287. The minimum atomic E-state index is -0.311. The van der Waals surface area contributed by atoms with Crippen LogP contribution in [-0.2, 0) is 17.8 Å². The van der Waals surface area contributed by atoms with Crippen molar-refractivity contribution in [2.75, 3.05) is 5.32 Å². The number of carbonyl (C=O) groups is 1. The van der Waals surface area contributed by atoms with Gasteiger partial charge in [0.1, 0.15) is 6.54 Å². The molecule has 1 aliphatic carbocycles. The average molecular weight is 393 g/mol. The number of fused-ring (bicyclic) bond motifs is 3. The van der Waals surface area contributed by atoms with Gasteiger partial charge in [-0.15, -0.1) is 0 Å². The summed E-state index contributed by atoms with van der Waals surface area (Å²) in [7, 11) is 0. The molecule has 1 N–H and O–H groups in total. The standard InChI is InChI=1S/C25H19N3O2/c29-24(16-28-25(30)13-12-23(27-28)17-6-2-1-3-7-17)26-20-10-11-22-19(15-20)14-18-8-4-5-9-21(18)22/h1-13,15H,14,16H2,(H,26,29). The van der Waals surface area contributed by atoms with Gasteiger partial charge in [0.2, 0.25) is 5.91 Å². The molecule has 5 rings (SSSR count). The van der Waals surface area contributed by atoms with E-state index in [0.29, 0.717) is 5.69 Å². The number of benzene rings is 3. The summed E-state index contributed by atoms with van der Waals surface area (Å²) >= 11 is 0. The summed E-state index contributed by atoms with van der Waals surface area (Å²) in [6.45, 7) is -0.142. The van der Waals surface area contributed by atoms with Crippen molar-refractivity contribution in [3.8, 4) is 22.4 Å². The molecule has 5 nitrogen and oxygen atoms in total. The molecule has 0 spiro atoms. The number of rotatable bonds is 4. The van der Waals surface area contributed by atoms with E-state index in [1.807, 2.05) is 60.7 Å². The van der Waals surface area contributed by atoms with Gasteiger partial charge in [0.25, 0.3) is 5.56 Å². The SMILES string of the molecule is O=C(Cn1nc(-c2ccccc2)ccc1=O)Nc1ccc2c(c1)Cc1ccccc1-2. The molecule has 0 unspecified atom stereocenters. The molecule has 0 atom stereocenters. The highest BCUT2D eigenvalue weighted by Gasteiger charge is 2.18. The van der Waals surface area contributed by atoms with Gasteiger partial charge in [-0.1, -0.05) is 60.7 Å². The second kappa shape index (κ2) is 7.44. The van der Waals surface area contributed by atoms with Crippen LogP contribution in [-0.4, -0.2) is 15.7 Å². The van der Waals surface area contributed by atoms with E-state index in [1.54, 1.807) is 6.07 Å². The molecule has 3 aromatic carbocycles. The lowest BCUT2D eigenvalue weighted by molar-refractivity contribution is -0.117. The van der Waals surface area contributed by atoms with Gasteiger partial charge in [-0.25, -0.2) is 4.68 Å². The maximum atomic E-state index is 12.6. The van der Waals surface area contributed by atoms with Crippen molar-refractivity contribution < 1.29 is 4.79 Å². The third kappa shape index (κ3) is 3.42. The maximum Gasteiger partial charge on any atom is 0.267 e. The molecule has 0 saturated heterocycles. The molecular weight excluding hydrogens is 374 g/mol. The summed E-state index contributed by atoms with van der Waals surface area (Å²) in [6, 6.07) is 27.0. The first-order valence-electron chi connectivity index (χ1n) is 9.82. The van der Waals surface area contributed by atoms with Crippen molar-refractivity contribution in [2.45, 2.75) is 13.0 Å². The third-order valence-electron chi connectivity index (χ3n) is 5.31. The van der Waals surface area contributed by atoms with E-state index in [0.717, 1.165) is 17.7 Å². The summed E-state index contributed by atoms with van der Waals surface area (Å²) in [6.07, 6.45) is 0.856. The van der Waals surface area contributed by atoms with Crippen LogP contribution in [0.25, 0.3) is 22.4 Å². The first-order valence-corrected chi connectivity index (χ1v) is 9.82. The molecular formula is C25H19N3O2. The molecule has 1 amide bonds. The van der Waals surface area contributed by atoms with E-state index >= 15 is 0 Å². The lowest BCUT2D eigenvalue weighted by Crippen LogP contribution is -2.29. The highest BCUT2D eigenvalue weighted by Crippen LogP contribution is 2.37. The second-order valence-electron chi connectivity index (χ2n) is 7.33. The molecule has 30 heavy (non-hydrogen) atoms. The van der Waals surface area contributed by atoms with Gasteiger partial charge >= 0.3 is 0 Å². The van der Waals surface area contributed by atoms with Gasteiger partial charge < -0.3 is 5.32 Å². The number of carbonyl (C=O) groups excluding carboxylic acids is 1. The number of hydrogen-bond donors (Lipinski definition) is 1. The van der Waals surface area contributed by atoms with Crippen molar-refractivity contribution in [3.63, 3.8) is 0 Å². The Kier molecular flexibility index (Phi) is 4.48. The average Bonchev–Trinajstić information content (AvgIpc) is 3.13. The van der Waals surface area contributed by atoms with Crippen LogP contribution < -0.4 is 10.9 Å². The molecule has 1 heterocycles. The van der Waals surface area contributed by atoms with Crippen LogP contribution in [0.15, 0.2) is 89.7 Å². The van der Waals surface area contributed by atoms with E-state index in [1.165, 1.54) is 33.0 Å². The fraction of sp³-hybridized carbons (Fsp3) is 0.0800. The van der Waals surface area contributed by atoms with Crippen LogP contribution in [0, 0.1) is 0 Å². The second-order valence-corrected chi connectivity index (χ2v) is 7.33. The van der Waals surface area contributed by atoms with Crippen LogP contribution in [0.1, 0.15) is 11.1 Å². The fourth-order valence-corrected chi connectivity index (χ4v) is 3.88.